The molecule has 0 aliphatic carbocycles. The molecule has 26 heavy (non-hydrogen) atoms. The van der Waals surface area contributed by atoms with Crippen molar-refractivity contribution in [2.75, 3.05) is 10.6 Å². The molecule has 0 aromatic heterocycles. The number of carbonyl (C=O) groups is 2. The predicted octanol–water partition coefficient (Wildman–Crippen LogP) is 4.98. The molecule has 0 bridgehead atoms. The smallest absolute Gasteiger partial charge is 0.257 e. The highest BCUT2D eigenvalue weighted by atomic mass is 35.5. The minimum Gasteiger partial charge on any atom is -0.322 e. The van der Waals surface area contributed by atoms with E-state index >= 15 is 0 Å². The van der Waals surface area contributed by atoms with Gasteiger partial charge in [-0.1, -0.05) is 29.8 Å². The summed E-state index contributed by atoms with van der Waals surface area (Å²) in [5.74, 6) is -1.20. The molecule has 130 valence electrons. The van der Waals surface area contributed by atoms with Gasteiger partial charge in [-0.05, 0) is 54.6 Å². The fourth-order valence-corrected chi connectivity index (χ4v) is 2.51. The van der Waals surface area contributed by atoms with E-state index in [0.29, 0.717) is 16.3 Å². The Kier molecular flexibility index (Phi) is 5.29. The van der Waals surface area contributed by atoms with Crippen LogP contribution in [-0.2, 0) is 0 Å². The van der Waals surface area contributed by atoms with E-state index in [-0.39, 0.29) is 17.2 Å². The van der Waals surface area contributed by atoms with Crippen molar-refractivity contribution in [2.45, 2.75) is 0 Å². The van der Waals surface area contributed by atoms with Crippen molar-refractivity contribution < 1.29 is 14.0 Å². The minimum absolute atomic E-state index is 0.239. The maximum atomic E-state index is 13.0. The van der Waals surface area contributed by atoms with Crippen LogP contribution in [0.5, 0.6) is 0 Å². The lowest BCUT2D eigenvalue weighted by Crippen LogP contribution is -2.18. The molecule has 0 aliphatic rings. The number of benzene rings is 3. The second-order valence-electron chi connectivity index (χ2n) is 5.47. The number of amides is 2. The van der Waals surface area contributed by atoms with E-state index in [9.17, 15) is 14.0 Å². The van der Waals surface area contributed by atoms with Crippen LogP contribution < -0.4 is 10.6 Å². The van der Waals surface area contributed by atoms with Gasteiger partial charge < -0.3 is 10.6 Å². The lowest BCUT2D eigenvalue weighted by atomic mass is 10.1. The predicted molar refractivity (Wildman–Crippen MR) is 100 cm³/mol. The van der Waals surface area contributed by atoms with Crippen molar-refractivity contribution in [1.82, 2.24) is 0 Å². The number of hydrogen-bond acceptors (Lipinski definition) is 2. The average Bonchev–Trinajstić information content (AvgIpc) is 2.64. The Morgan fingerprint density at radius 3 is 2.19 bits per heavy atom. The Morgan fingerprint density at radius 1 is 0.808 bits per heavy atom. The molecule has 3 rings (SSSR count). The van der Waals surface area contributed by atoms with Crippen LogP contribution >= 0.6 is 11.6 Å². The highest BCUT2D eigenvalue weighted by molar-refractivity contribution is 6.31. The van der Waals surface area contributed by atoms with Gasteiger partial charge in [0.25, 0.3) is 11.8 Å². The lowest BCUT2D eigenvalue weighted by Gasteiger charge is -2.12. The lowest BCUT2D eigenvalue weighted by molar-refractivity contribution is 0.102. The third kappa shape index (κ3) is 4.26. The highest BCUT2D eigenvalue weighted by Crippen LogP contribution is 2.23. The van der Waals surface area contributed by atoms with Gasteiger partial charge in [0, 0.05) is 16.3 Å². The van der Waals surface area contributed by atoms with Gasteiger partial charge in [0.2, 0.25) is 0 Å². The third-order valence-corrected chi connectivity index (χ3v) is 3.85. The molecule has 0 heterocycles. The number of hydrogen-bond donors (Lipinski definition) is 2. The quantitative estimate of drug-likeness (QED) is 0.682. The maximum Gasteiger partial charge on any atom is 0.257 e. The summed E-state index contributed by atoms with van der Waals surface area (Å²) in [4.78, 5) is 24.9. The molecular formula is C20H14ClFN2O2. The normalized spacial score (nSPS) is 10.2. The topological polar surface area (TPSA) is 58.2 Å². The summed E-state index contributed by atoms with van der Waals surface area (Å²) in [5.41, 5.74) is 1.41. The van der Waals surface area contributed by atoms with Gasteiger partial charge in [-0.25, -0.2) is 4.39 Å². The van der Waals surface area contributed by atoms with Gasteiger partial charge in [0.05, 0.1) is 11.3 Å². The van der Waals surface area contributed by atoms with Crippen molar-refractivity contribution in [3.05, 3.63) is 94.8 Å². The first-order valence-electron chi connectivity index (χ1n) is 7.76. The van der Waals surface area contributed by atoms with Gasteiger partial charge in [-0.15, -0.1) is 0 Å². The molecule has 0 spiro atoms. The summed E-state index contributed by atoms with van der Waals surface area (Å²) in [6, 6.07) is 18.6. The standard InChI is InChI=1S/C20H14ClFN2O2/c21-14-6-11-17(20(26)23-16-9-7-15(22)8-10-16)18(12-14)24-19(25)13-4-2-1-3-5-13/h1-12H,(H,23,26)(H,24,25). The van der Waals surface area contributed by atoms with Crippen LogP contribution in [0.2, 0.25) is 5.02 Å². The summed E-state index contributed by atoms with van der Waals surface area (Å²) in [6.45, 7) is 0. The number of anilines is 2. The van der Waals surface area contributed by atoms with Crippen LogP contribution in [-0.4, -0.2) is 11.8 Å². The minimum atomic E-state index is -0.448. The van der Waals surface area contributed by atoms with Crippen molar-refractivity contribution in [3.8, 4) is 0 Å². The third-order valence-electron chi connectivity index (χ3n) is 3.61. The molecule has 0 unspecified atom stereocenters. The maximum absolute atomic E-state index is 13.0. The first-order chi connectivity index (χ1) is 12.5. The van der Waals surface area contributed by atoms with Crippen molar-refractivity contribution in [3.63, 3.8) is 0 Å². The Balaban J connectivity index is 1.84. The zero-order valence-electron chi connectivity index (χ0n) is 13.5. The van der Waals surface area contributed by atoms with Crippen LogP contribution in [0.4, 0.5) is 15.8 Å². The van der Waals surface area contributed by atoms with E-state index in [2.05, 4.69) is 10.6 Å². The Bertz CT molecular complexity index is 944. The van der Waals surface area contributed by atoms with Crippen molar-refractivity contribution >= 4 is 34.8 Å². The Hall–Kier alpha value is -3.18. The number of halogens is 2. The monoisotopic (exact) mass is 368 g/mol. The van der Waals surface area contributed by atoms with Crippen molar-refractivity contribution in [1.29, 1.82) is 0 Å². The van der Waals surface area contributed by atoms with Gasteiger partial charge in [-0.2, -0.15) is 0 Å². The van der Waals surface area contributed by atoms with Crippen LogP contribution in [0.15, 0.2) is 72.8 Å². The first kappa shape index (κ1) is 17.6. The molecule has 2 N–H and O–H groups in total. The van der Waals surface area contributed by atoms with E-state index in [1.807, 2.05) is 0 Å². The zero-order valence-corrected chi connectivity index (χ0v) is 14.3. The molecule has 2 amide bonds. The summed E-state index contributed by atoms with van der Waals surface area (Å²) in [6.07, 6.45) is 0. The molecular weight excluding hydrogens is 355 g/mol. The SMILES string of the molecule is O=C(Nc1cc(Cl)ccc1C(=O)Nc1ccc(F)cc1)c1ccccc1. The van der Waals surface area contributed by atoms with E-state index in [1.54, 1.807) is 36.4 Å². The van der Waals surface area contributed by atoms with Gasteiger partial charge >= 0.3 is 0 Å². The molecule has 0 saturated carbocycles. The average molecular weight is 369 g/mol. The molecule has 6 heteroatoms. The highest BCUT2D eigenvalue weighted by Gasteiger charge is 2.15. The fraction of sp³-hybridized carbons (Fsp3) is 0. The summed E-state index contributed by atoms with van der Waals surface area (Å²) < 4.78 is 13.0. The molecule has 3 aromatic carbocycles. The fourth-order valence-electron chi connectivity index (χ4n) is 2.33. The first-order valence-corrected chi connectivity index (χ1v) is 8.13. The second kappa shape index (κ2) is 7.80. The molecule has 0 saturated heterocycles. The van der Waals surface area contributed by atoms with E-state index in [0.717, 1.165) is 0 Å². The van der Waals surface area contributed by atoms with Crippen molar-refractivity contribution in [2.24, 2.45) is 0 Å². The molecule has 4 nitrogen and oxygen atoms in total. The Labute approximate surface area is 154 Å². The van der Waals surface area contributed by atoms with E-state index < -0.39 is 11.7 Å². The summed E-state index contributed by atoms with van der Waals surface area (Å²) in [5, 5.41) is 5.74. The molecule has 0 aliphatic heterocycles. The van der Waals surface area contributed by atoms with E-state index in [1.165, 1.54) is 36.4 Å². The molecule has 3 aromatic rings. The largest absolute Gasteiger partial charge is 0.322 e. The van der Waals surface area contributed by atoms with Crippen LogP contribution in [0, 0.1) is 5.82 Å². The van der Waals surface area contributed by atoms with Gasteiger partial charge in [0.15, 0.2) is 0 Å². The number of rotatable bonds is 4. The molecule has 0 radical (unpaired) electrons. The van der Waals surface area contributed by atoms with Gasteiger partial charge in [0.1, 0.15) is 5.82 Å². The number of carbonyl (C=O) groups excluding carboxylic acids is 2. The summed E-state index contributed by atoms with van der Waals surface area (Å²) in [7, 11) is 0. The second-order valence-corrected chi connectivity index (χ2v) is 5.91. The van der Waals surface area contributed by atoms with E-state index in [4.69, 9.17) is 11.6 Å². The molecule has 0 atom stereocenters. The zero-order chi connectivity index (χ0) is 18.5. The van der Waals surface area contributed by atoms with Crippen LogP contribution in [0.25, 0.3) is 0 Å². The van der Waals surface area contributed by atoms with Gasteiger partial charge in [-0.3, -0.25) is 9.59 Å². The van der Waals surface area contributed by atoms with Crippen LogP contribution in [0.3, 0.4) is 0 Å². The van der Waals surface area contributed by atoms with Crippen LogP contribution in [0.1, 0.15) is 20.7 Å². The molecule has 0 fully saturated rings. The summed E-state index contributed by atoms with van der Waals surface area (Å²) >= 11 is 6.00. The number of nitrogens with one attached hydrogen (secondary N) is 2. The Morgan fingerprint density at radius 2 is 1.50 bits per heavy atom.